The van der Waals surface area contributed by atoms with Gasteiger partial charge in [0, 0.05) is 25.0 Å². The average molecular weight is 302 g/mol. The van der Waals surface area contributed by atoms with Crippen molar-refractivity contribution in [3.05, 3.63) is 35.9 Å². The molecule has 5 heteroatoms. The molecule has 1 unspecified atom stereocenters. The Balaban J connectivity index is 1.52. The SMILES string of the molecule is O=C(O)C1CC(NC(=O)N2CCCC(c3ccccc3)C2)C1. The number of carboxylic acids is 1. The topological polar surface area (TPSA) is 69.6 Å². The maximum Gasteiger partial charge on any atom is 0.317 e. The van der Waals surface area contributed by atoms with E-state index >= 15 is 0 Å². The summed E-state index contributed by atoms with van der Waals surface area (Å²) in [4.78, 5) is 25.0. The minimum atomic E-state index is -0.757. The molecule has 3 rings (SSSR count). The number of benzene rings is 1. The van der Waals surface area contributed by atoms with E-state index in [0.717, 1.165) is 25.9 Å². The molecule has 0 radical (unpaired) electrons. The number of carboxylic acid groups (broad SMARTS) is 1. The van der Waals surface area contributed by atoms with E-state index in [-0.39, 0.29) is 18.0 Å². The lowest BCUT2D eigenvalue weighted by molar-refractivity contribution is -0.145. The van der Waals surface area contributed by atoms with Gasteiger partial charge in [0.1, 0.15) is 0 Å². The lowest BCUT2D eigenvalue weighted by Crippen LogP contribution is -2.52. The summed E-state index contributed by atoms with van der Waals surface area (Å²) in [7, 11) is 0. The Hall–Kier alpha value is -2.04. The van der Waals surface area contributed by atoms with Gasteiger partial charge in [-0.05, 0) is 31.2 Å². The Morgan fingerprint density at radius 3 is 2.59 bits per heavy atom. The molecule has 118 valence electrons. The Morgan fingerprint density at radius 1 is 1.18 bits per heavy atom. The van der Waals surface area contributed by atoms with Crippen LogP contribution in [0.2, 0.25) is 0 Å². The van der Waals surface area contributed by atoms with Crippen LogP contribution in [0.25, 0.3) is 0 Å². The number of nitrogens with one attached hydrogen (secondary N) is 1. The third-order valence-electron chi connectivity index (χ3n) is 4.79. The fourth-order valence-corrected chi connectivity index (χ4v) is 3.36. The number of hydrogen-bond donors (Lipinski definition) is 2. The molecule has 2 fully saturated rings. The number of likely N-dealkylation sites (tertiary alicyclic amines) is 1. The first-order valence-corrected chi connectivity index (χ1v) is 7.96. The van der Waals surface area contributed by atoms with Crippen LogP contribution in [0.5, 0.6) is 0 Å². The van der Waals surface area contributed by atoms with Crippen molar-refractivity contribution in [1.29, 1.82) is 0 Å². The van der Waals surface area contributed by atoms with Crippen LogP contribution in [-0.4, -0.2) is 41.1 Å². The van der Waals surface area contributed by atoms with Gasteiger partial charge in [-0.25, -0.2) is 4.79 Å². The van der Waals surface area contributed by atoms with E-state index in [2.05, 4.69) is 17.4 Å². The van der Waals surface area contributed by atoms with Gasteiger partial charge < -0.3 is 15.3 Å². The highest BCUT2D eigenvalue weighted by Gasteiger charge is 2.36. The Kier molecular flexibility index (Phi) is 4.32. The van der Waals surface area contributed by atoms with Gasteiger partial charge in [-0.1, -0.05) is 30.3 Å². The van der Waals surface area contributed by atoms with Crippen molar-refractivity contribution in [3.63, 3.8) is 0 Å². The molecule has 1 saturated carbocycles. The zero-order valence-corrected chi connectivity index (χ0v) is 12.6. The maximum absolute atomic E-state index is 12.3. The molecule has 0 bridgehead atoms. The number of nitrogens with zero attached hydrogens (tertiary/aromatic N) is 1. The molecular weight excluding hydrogens is 280 g/mol. The second-order valence-corrected chi connectivity index (χ2v) is 6.35. The fraction of sp³-hybridized carbons (Fsp3) is 0.529. The number of hydrogen-bond acceptors (Lipinski definition) is 2. The Labute approximate surface area is 130 Å². The molecule has 2 amide bonds. The maximum atomic E-state index is 12.3. The number of piperidine rings is 1. The molecule has 1 aliphatic carbocycles. The van der Waals surface area contributed by atoms with E-state index < -0.39 is 5.97 Å². The highest BCUT2D eigenvalue weighted by molar-refractivity contribution is 5.76. The lowest BCUT2D eigenvalue weighted by atomic mass is 9.80. The second-order valence-electron chi connectivity index (χ2n) is 6.35. The van der Waals surface area contributed by atoms with Crippen LogP contribution in [0.4, 0.5) is 4.79 Å². The molecule has 5 nitrogen and oxygen atoms in total. The van der Waals surface area contributed by atoms with E-state index in [1.807, 2.05) is 23.1 Å². The van der Waals surface area contributed by atoms with Crippen LogP contribution in [0.3, 0.4) is 0 Å². The lowest BCUT2D eigenvalue weighted by Gasteiger charge is -2.37. The molecule has 1 aromatic carbocycles. The van der Waals surface area contributed by atoms with Gasteiger partial charge in [0.05, 0.1) is 5.92 Å². The van der Waals surface area contributed by atoms with Crippen LogP contribution in [0.15, 0.2) is 30.3 Å². The summed E-state index contributed by atoms with van der Waals surface area (Å²) in [6.45, 7) is 1.52. The normalized spacial score (nSPS) is 27.8. The van der Waals surface area contributed by atoms with Gasteiger partial charge in [-0.3, -0.25) is 4.79 Å². The van der Waals surface area contributed by atoms with Crippen LogP contribution in [0, 0.1) is 5.92 Å². The summed E-state index contributed by atoms with van der Waals surface area (Å²) in [6, 6.07) is 10.3. The van der Waals surface area contributed by atoms with Crippen molar-refractivity contribution in [1.82, 2.24) is 10.2 Å². The van der Waals surface area contributed by atoms with Crippen molar-refractivity contribution in [3.8, 4) is 0 Å². The molecule has 1 aliphatic heterocycles. The first-order chi connectivity index (χ1) is 10.6. The predicted octanol–water partition coefficient (Wildman–Crippen LogP) is 2.44. The molecule has 1 heterocycles. The largest absolute Gasteiger partial charge is 0.481 e. The van der Waals surface area contributed by atoms with Gasteiger partial charge in [-0.2, -0.15) is 0 Å². The molecule has 1 aromatic rings. The number of urea groups is 1. The van der Waals surface area contributed by atoms with Crippen LogP contribution in [-0.2, 0) is 4.79 Å². The van der Waals surface area contributed by atoms with Crippen LogP contribution in [0.1, 0.15) is 37.2 Å². The summed E-state index contributed by atoms with van der Waals surface area (Å²) in [5.41, 5.74) is 1.29. The van der Waals surface area contributed by atoms with E-state index in [0.29, 0.717) is 18.8 Å². The van der Waals surface area contributed by atoms with Crippen molar-refractivity contribution in [2.75, 3.05) is 13.1 Å². The first-order valence-electron chi connectivity index (χ1n) is 7.96. The van der Waals surface area contributed by atoms with E-state index in [9.17, 15) is 9.59 Å². The van der Waals surface area contributed by atoms with E-state index in [1.165, 1.54) is 5.56 Å². The molecule has 2 N–H and O–H groups in total. The number of rotatable bonds is 3. The number of carbonyl (C=O) groups is 2. The third-order valence-corrected chi connectivity index (χ3v) is 4.79. The third kappa shape index (κ3) is 3.24. The van der Waals surface area contributed by atoms with E-state index in [4.69, 9.17) is 5.11 Å². The minimum absolute atomic E-state index is 0.0192. The van der Waals surface area contributed by atoms with Crippen molar-refractivity contribution >= 4 is 12.0 Å². The first kappa shape index (κ1) is 14.9. The number of aliphatic carboxylic acids is 1. The predicted molar refractivity (Wildman–Crippen MR) is 82.7 cm³/mol. The second kappa shape index (κ2) is 6.38. The summed E-state index contributed by atoms with van der Waals surface area (Å²) in [6.07, 6.45) is 3.22. The quantitative estimate of drug-likeness (QED) is 0.901. The molecule has 2 aliphatic rings. The number of carbonyl (C=O) groups excluding carboxylic acids is 1. The Bertz CT molecular complexity index is 540. The minimum Gasteiger partial charge on any atom is -0.481 e. The zero-order chi connectivity index (χ0) is 15.5. The Morgan fingerprint density at radius 2 is 1.91 bits per heavy atom. The summed E-state index contributed by atoms with van der Waals surface area (Å²) in [5.74, 6) is -0.648. The van der Waals surface area contributed by atoms with Gasteiger partial charge in [0.2, 0.25) is 0 Å². The fourth-order valence-electron chi connectivity index (χ4n) is 3.36. The smallest absolute Gasteiger partial charge is 0.317 e. The van der Waals surface area contributed by atoms with Crippen LogP contribution >= 0.6 is 0 Å². The molecule has 22 heavy (non-hydrogen) atoms. The van der Waals surface area contributed by atoms with E-state index in [1.54, 1.807) is 0 Å². The highest BCUT2D eigenvalue weighted by Crippen LogP contribution is 2.29. The van der Waals surface area contributed by atoms with Crippen LogP contribution < -0.4 is 5.32 Å². The molecule has 0 aromatic heterocycles. The number of amides is 2. The standard InChI is InChI=1S/C17H22N2O3/c20-16(21)14-9-15(10-14)18-17(22)19-8-4-7-13(11-19)12-5-2-1-3-6-12/h1-3,5-6,13-15H,4,7-11H2,(H,18,22)(H,20,21). The van der Waals surface area contributed by atoms with Crippen molar-refractivity contribution in [2.45, 2.75) is 37.6 Å². The molecule has 1 atom stereocenters. The van der Waals surface area contributed by atoms with Crippen molar-refractivity contribution in [2.24, 2.45) is 5.92 Å². The van der Waals surface area contributed by atoms with Gasteiger partial charge >= 0.3 is 12.0 Å². The summed E-state index contributed by atoms with van der Waals surface area (Å²) < 4.78 is 0. The molecule has 0 spiro atoms. The van der Waals surface area contributed by atoms with Gasteiger partial charge in [0.25, 0.3) is 0 Å². The zero-order valence-electron chi connectivity index (χ0n) is 12.6. The van der Waals surface area contributed by atoms with Gasteiger partial charge in [0.15, 0.2) is 0 Å². The molecular formula is C17H22N2O3. The molecule has 1 saturated heterocycles. The monoisotopic (exact) mass is 302 g/mol. The van der Waals surface area contributed by atoms with Gasteiger partial charge in [-0.15, -0.1) is 0 Å². The summed E-state index contributed by atoms with van der Waals surface area (Å²) >= 11 is 0. The average Bonchev–Trinajstić information content (AvgIpc) is 2.51. The summed E-state index contributed by atoms with van der Waals surface area (Å²) in [5, 5.41) is 11.8. The highest BCUT2D eigenvalue weighted by atomic mass is 16.4. The van der Waals surface area contributed by atoms with Crippen molar-refractivity contribution < 1.29 is 14.7 Å².